The number of rotatable bonds is 6. The molecule has 2 N–H and O–H groups in total. The second kappa shape index (κ2) is 8.79. The van der Waals surface area contributed by atoms with Gasteiger partial charge in [0.1, 0.15) is 13.2 Å². The number of ether oxygens (including phenoxy) is 1. The molecule has 2 aromatic rings. The van der Waals surface area contributed by atoms with Crippen LogP contribution in [0.3, 0.4) is 0 Å². The molecule has 0 spiro atoms. The van der Waals surface area contributed by atoms with Gasteiger partial charge in [-0.2, -0.15) is 0 Å². The molecule has 7 nitrogen and oxygen atoms in total. The highest BCUT2D eigenvalue weighted by Gasteiger charge is 2.34. The van der Waals surface area contributed by atoms with E-state index in [-0.39, 0.29) is 36.9 Å². The first-order chi connectivity index (χ1) is 14.9. The Hall–Kier alpha value is -3.35. The van der Waals surface area contributed by atoms with Gasteiger partial charge in [0, 0.05) is 24.9 Å². The van der Waals surface area contributed by atoms with Gasteiger partial charge >= 0.3 is 12.1 Å². The lowest BCUT2D eigenvalue weighted by molar-refractivity contribution is -0.145. The van der Waals surface area contributed by atoms with E-state index in [0.717, 1.165) is 11.1 Å². The molecule has 4 rings (SSSR count). The number of benzene rings is 2. The molecule has 7 heteroatoms. The third-order valence-electron chi connectivity index (χ3n) is 6.20. The predicted molar refractivity (Wildman–Crippen MR) is 115 cm³/mol. The lowest BCUT2D eigenvalue weighted by Gasteiger charge is -2.19. The summed E-state index contributed by atoms with van der Waals surface area (Å²) < 4.78 is 5.57. The second-order valence-corrected chi connectivity index (χ2v) is 8.26. The minimum atomic E-state index is -1.04. The van der Waals surface area contributed by atoms with E-state index in [9.17, 15) is 14.4 Å². The van der Waals surface area contributed by atoms with E-state index >= 15 is 0 Å². The number of hydrogen-bond donors (Lipinski definition) is 2. The summed E-state index contributed by atoms with van der Waals surface area (Å²) in [6.07, 6.45) is 1.30. The van der Waals surface area contributed by atoms with Crippen molar-refractivity contribution in [1.29, 1.82) is 0 Å². The van der Waals surface area contributed by atoms with Gasteiger partial charge in [0.25, 0.3) is 0 Å². The number of alkyl carbamates (subject to hydrolysis) is 1. The maximum atomic E-state index is 12.4. The zero-order chi connectivity index (χ0) is 22.0. The molecule has 0 aliphatic heterocycles. The summed E-state index contributed by atoms with van der Waals surface area (Å²) in [7, 11) is 1.49. The molecule has 2 amide bonds. The van der Waals surface area contributed by atoms with Crippen molar-refractivity contribution in [2.45, 2.75) is 31.2 Å². The van der Waals surface area contributed by atoms with Crippen LogP contribution in [-0.4, -0.2) is 54.2 Å². The highest BCUT2D eigenvalue weighted by Crippen LogP contribution is 2.44. The van der Waals surface area contributed by atoms with Crippen LogP contribution in [0.25, 0.3) is 11.1 Å². The van der Waals surface area contributed by atoms with Gasteiger partial charge in [-0.15, -0.1) is 0 Å². The maximum Gasteiger partial charge on any atom is 0.407 e. The van der Waals surface area contributed by atoms with Crippen LogP contribution >= 0.6 is 0 Å². The van der Waals surface area contributed by atoms with E-state index in [1.54, 1.807) is 0 Å². The fraction of sp³-hybridized carbons (Fsp3) is 0.375. The number of carboxylic acid groups (broad SMARTS) is 1. The van der Waals surface area contributed by atoms with Crippen molar-refractivity contribution in [3.05, 3.63) is 59.7 Å². The van der Waals surface area contributed by atoms with E-state index in [2.05, 4.69) is 29.6 Å². The molecule has 31 heavy (non-hydrogen) atoms. The average Bonchev–Trinajstić information content (AvgIpc) is 3.34. The molecular weight excluding hydrogens is 396 g/mol. The molecule has 0 bridgehead atoms. The molecule has 162 valence electrons. The Morgan fingerprint density at radius 1 is 1.03 bits per heavy atom. The van der Waals surface area contributed by atoms with Crippen LogP contribution in [0.2, 0.25) is 0 Å². The maximum absolute atomic E-state index is 12.4. The predicted octanol–water partition coefficient (Wildman–Crippen LogP) is 3.24. The van der Waals surface area contributed by atoms with E-state index < -0.39 is 12.1 Å². The Bertz CT molecular complexity index is 959. The van der Waals surface area contributed by atoms with Crippen molar-refractivity contribution in [3.8, 4) is 11.1 Å². The smallest absolute Gasteiger partial charge is 0.407 e. The highest BCUT2D eigenvalue weighted by atomic mass is 16.5. The zero-order valence-electron chi connectivity index (χ0n) is 17.4. The minimum Gasteiger partial charge on any atom is -0.480 e. The summed E-state index contributed by atoms with van der Waals surface area (Å²) in [5.41, 5.74) is 4.67. The summed E-state index contributed by atoms with van der Waals surface area (Å²) in [6, 6.07) is 16.2. The number of carbonyl (C=O) groups is 3. The van der Waals surface area contributed by atoms with Gasteiger partial charge in [-0.3, -0.25) is 9.59 Å². The first-order valence-corrected chi connectivity index (χ1v) is 10.5. The van der Waals surface area contributed by atoms with E-state index in [4.69, 9.17) is 9.84 Å². The molecule has 1 saturated carbocycles. The van der Waals surface area contributed by atoms with E-state index in [1.165, 1.54) is 23.1 Å². The molecule has 0 saturated heterocycles. The van der Waals surface area contributed by atoms with Crippen molar-refractivity contribution in [1.82, 2.24) is 10.2 Å². The molecule has 1 fully saturated rings. The van der Waals surface area contributed by atoms with Gasteiger partial charge in [0.15, 0.2) is 0 Å². The number of fused-ring (bicyclic) bond motifs is 3. The normalized spacial score (nSPS) is 19.4. The van der Waals surface area contributed by atoms with Crippen LogP contribution in [0.15, 0.2) is 48.5 Å². The number of carbonyl (C=O) groups excluding carboxylic acids is 2. The van der Waals surface area contributed by atoms with Crippen molar-refractivity contribution in [2.75, 3.05) is 20.2 Å². The van der Waals surface area contributed by atoms with Crippen LogP contribution in [0, 0.1) is 5.92 Å². The number of nitrogens with zero attached hydrogens (tertiary/aromatic N) is 1. The fourth-order valence-electron chi connectivity index (χ4n) is 4.74. The number of hydrogen-bond acceptors (Lipinski definition) is 4. The highest BCUT2D eigenvalue weighted by molar-refractivity contribution is 5.83. The fourth-order valence-corrected chi connectivity index (χ4v) is 4.74. The first-order valence-electron chi connectivity index (χ1n) is 10.5. The SMILES string of the molecule is CN(CC(=O)O)C(=O)C1CCC(NC(=O)OCC2c3ccccc3-c3ccccc32)C1. The van der Waals surface area contributed by atoms with Gasteiger partial charge in [0.2, 0.25) is 5.91 Å². The minimum absolute atomic E-state index is 0.000669. The molecule has 0 heterocycles. The van der Waals surface area contributed by atoms with Crippen molar-refractivity contribution >= 4 is 18.0 Å². The molecule has 2 unspecified atom stereocenters. The van der Waals surface area contributed by atoms with Crippen LogP contribution in [-0.2, 0) is 14.3 Å². The summed E-state index contributed by atoms with van der Waals surface area (Å²) >= 11 is 0. The molecule has 2 atom stereocenters. The quantitative estimate of drug-likeness (QED) is 0.745. The zero-order valence-corrected chi connectivity index (χ0v) is 17.4. The van der Waals surface area contributed by atoms with Gasteiger partial charge < -0.3 is 20.1 Å². The summed E-state index contributed by atoms with van der Waals surface area (Å²) in [5.74, 6) is -1.51. The summed E-state index contributed by atoms with van der Waals surface area (Å²) in [4.78, 5) is 36.8. The van der Waals surface area contributed by atoms with Crippen LogP contribution in [0.1, 0.15) is 36.3 Å². The van der Waals surface area contributed by atoms with Gasteiger partial charge in [-0.25, -0.2) is 4.79 Å². The largest absolute Gasteiger partial charge is 0.480 e. The summed E-state index contributed by atoms with van der Waals surface area (Å²) in [6.45, 7) is -0.0733. The average molecular weight is 422 g/mol. The molecule has 2 aliphatic rings. The molecule has 2 aliphatic carbocycles. The van der Waals surface area contributed by atoms with Crippen molar-refractivity contribution in [3.63, 3.8) is 0 Å². The lowest BCUT2D eigenvalue weighted by Crippen LogP contribution is -2.38. The molecule has 0 radical (unpaired) electrons. The second-order valence-electron chi connectivity index (χ2n) is 8.26. The van der Waals surface area contributed by atoms with Crippen molar-refractivity contribution < 1.29 is 24.2 Å². The number of aliphatic carboxylic acids is 1. The van der Waals surface area contributed by atoms with Gasteiger partial charge in [0.05, 0.1) is 0 Å². The Labute approximate surface area is 181 Å². The van der Waals surface area contributed by atoms with Crippen LogP contribution in [0.5, 0.6) is 0 Å². The molecule has 0 aromatic heterocycles. The van der Waals surface area contributed by atoms with Gasteiger partial charge in [-0.1, -0.05) is 48.5 Å². The molecular formula is C24H26N2O5. The van der Waals surface area contributed by atoms with Crippen LogP contribution in [0.4, 0.5) is 4.79 Å². The first kappa shape index (κ1) is 20.9. The third kappa shape index (κ3) is 4.40. The number of amides is 2. The van der Waals surface area contributed by atoms with E-state index in [0.29, 0.717) is 19.3 Å². The number of nitrogens with one attached hydrogen (secondary N) is 1. The topological polar surface area (TPSA) is 95.9 Å². The van der Waals surface area contributed by atoms with Crippen molar-refractivity contribution in [2.24, 2.45) is 5.92 Å². The number of carboxylic acids is 1. The van der Waals surface area contributed by atoms with Crippen LogP contribution < -0.4 is 5.32 Å². The Morgan fingerprint density at radius 2 is 1.65 bits per heavy atom. The molecule has 2 aromatic carbocycles. The number of likely N-dealkylation sites (N-methyl/N-ethyl adjacent to an activating group) is 1. The third-order valence-corrected chi connectivity index (χ3v) is 6.20. The Morgan fingerprint density at radius 3 is 2.26 bits per heavy atom. The van der Waals surface area contributed by atoms with Gasteiger partial charge in [-0.05, 0) is 41.5 Å². The standard InChI is InChI=1S/C24H26N2O5/c1-26(13-22(27)28)23(29)15-10-11-16(12-15)25-24(30)31-14-21-19-8-4-2-6-17(19)18-7-3-5-9-20(18)21/h2-9,15-16,21H,10-14H2,1H3,(H,25,30)(H,27,28). The monoisotopic (exact) mass is 422 g/mol. The lowest BCUT2D eigenvalue weighted by atomic mass is 9.98. The Balaban J connectivity index is 1.32. The van der Waals surface area contributed by atoms with E-state index in [1.807, 2.05) is 24.3 Å². The Kier molecular flexibility index (Phi) is 5.93. The summed E-state index contributed by atoms with van der Waals surface area (Å²) in [5, 5.41) is 11.7.